The van der Waals surface area contributed by atoms with Crippen LogP contribution in [-0.2, 0) is 24.8 Å². The zero-order valence-electron chi connectivity index (χ0n) is 19.6. The molecule has 1 aliphatic heterocycles. The fraction of sp³-hybridized carbons (Fsp3) is 0.208. The zero-order chi connectivity index (χ0) is 26.3. The highest BCUT2D eigenvalue weighted by Gasteiger charge is 2.35. The van der Waals surface area contributed by atoms with Crippen molar-refractivity contribution in [2.75, 3.05) is 27.1 Å². The Morgan fingerprint density at radius 1 is 1.00 bits per heavy atom. The number of nitrogens with zero attached hydrogens (tertiary/aromatic N) is 1. The Balaban J connectivity index is 1.50. The predicted molar refractivity (Wildman–Crippen MR) is 140 cm³/mol. The quantitative estimate of drug-likeness (QED) is 0.480. The topological polar surface area (TPSA) is 122 Å². The summed E-state index contributed by atoms with van der Waals surface area (Å²) in [4.78, 5) is 12.9. The van der Waals surface area contributed by atoms with Crippen LogP contribution in [-0.4, -0.2) is 41.6 Å². The normalized spacial score (nSPS) is 15.6. The Bertz CT molecular complexity index is 1540. The molecular weight excluding hydrogens is 526 g/mol. The van der Waals surface area contributed by atoms with E-state index in [0.717, 1.165) is 21.7 Å². The Morgan fingerprint density at radius 2 is 1.69 bits per heavy atom. The van der Waals surface area contributed by atoms with Gasteiger partial charge in [0.15, 0.2) is 6.10 Å². The molecule has 1 unspecified atom stereocenters. The zero-order valence-corrected chi connectivity index (χ0v) is 22.0. The molecule has 2 N–H and O–H groups in total. The minimum absolute atomic E-state index is 0.0179. The van der Waals surface area contributed by atoms with Crippen molar-refractivity contribution in [1.82, 2.24) is 0 Å². The number of hydrogen-bond donors (Lipinski definition) is 2. The van der Waals surface area contributed by atoms with Crippen molar-refractivity contribution in [2.45, 2.75) is 24.8 Å². The second kappa shape index (κ2) is 9.64. The standard InChI is InChI=1S/C24H24ClN3O6S2/c1-15-4-5-16(2)20(12-15)27-36(32,33)19-9-7-18(8-10-19)26-24(29)23-14-28(35(3,30)31)21-13-17(25)6-11-22(21)34-23/h4-13,23,27H,14H2,1-3H3,(H,26,29). The van der Waals surface area contributed by atoms with E-state index >= 15 is 0 Å². The molecule has 1 amide bonds. The summed E-state index contributed by atoms with van der Waals surface area (Å²) >= 11 is 6.00. The number of hydrogen-bond acceptors (Lipinski definition) is 6. The van der Waals surface area contributed by atoms with Gasteiger partial charge in [-0.05, 0) is 73.5 Å². The average Bonchev–Trinajstić information content (AvgIpc) is 2.80. The maximum atomic E-state index is 12.9. The fourth-order valence-corrected chi connectivity index (χ4v) is 5.86. The molecule has 1 heterocycles. The molecule has 3 aromatic carbocycles. The molecule has 12 heteroatoms. The number of benzene rings is 3. The van der Waals surface area contributed by atoms with Crippen molar-refractivity contribution in [3.8, 4) is 5.75 Å². The molecule has 0 aromatic heterocycles. The number of rotatable bonds is 6. The molecule has 0 saturated heterocycles. The summed E-state index contributed by atoms with van der Waals surface area (Å²) in [7, 11) is -7.56. The van der Waals surface area contributed by atoms with Gasteiger partial charge in [0, 0.05) is 10.7 Å². The number of halogens is 1. The van der Waals surface area contributed by atoms with Crippen LogP contribution >= 0.6 is 11.6 Å². The van der Waals surface area contributed by atoms with Crippen LogP contribution in [0.5, 0.6) is 5.75 Å². The van der Waals surface area contributed by atoms with Crippen LogP contribution in [0.3, 0.4) is 0 Å². The van der Waals surface area contributed by atoms with E-state index in [1.165, 1.54) is 42.5 Å². The van der Waals surface area contributed by atoms with E-state index in [9.17, 15) is 21.6 Å². The molecule has 1 atom stereocenters. The Labute approximate surface area is 215 Å². The lowest BCUT2D eigenvalue weighted by Crippen LogP contribution is -2.48. The summed E-state index contributed by atoms with van der Waals surface area (Å²) in [6, 6.07) is 15.6. The minimum Gasteiger partial charge on any atom is -0.476 e. The third-order valence-corrected chi connectivity index (χ3v) is 8.32. The summed E-state index contributed by atoms with van der Waals surface area (Å²) in [5, 5.41) is 2.97. The highest BCUT2D eigenvalue weighted by molar-refractivity contribution is 7.92. The second-order valence-corrected chi connectivity index (χ2v) is 12.5. The van der Waals surface area contributed by atoms with E-state index in [1.54, 1.807) is 13.0 Å². The largest absolute Gasteiger partial charge is 0.476 e. The van der Waals surface area contributed by atoms with E-state index in [4.69, 9.17) is 16.3 Å². The smallest absolute Gasteiger partial charge is 0.267 e. The van der Waals surface area contributed by atoms with E-state index in [0.29, 0.717) is 16.4 Å². The summed E-state index contributed by atoms with van der Waals surface area (Å²) in [5.41, 5.74) is 2.76. The van der Waals surface area contributed by atoms with E-state index < -0.39 is 32.1 Å². The van der Waals surface area contributed by atoms with Gasteiger partial charge in [0.1, 0.15) is 5.75 Å². The van der Waals surface area contributed by atoms with Crippen molar-refractivity contribution in [1.29, 1.82) is 0 Å². The molecule has 0 aliphatic carbocycles. The first-order valence-electron chi connectivity index (χ1n) is 10.8. The van der Waals surface area contributed by atoms with Crippen molar-refractivity contribution in [3.63, 3.8) is 0 Å². The van der Waals surface area contributed by atoms with Gasteiger partial charge in [-0.25, -0.2) is 16.8 Å². The van der Waals surface area contributed by atoms with Crippen molar-refractivity contribution in [2.24, 2.45) is 0 Å². The predicted octanol–water partition coefficient (Wildman–Crippen LogP) is 3.92. The molecule has 0 radical (unpaired) electrons. The fourth-order valence-electron chi connectivity index (χ4n) is 3.66. The lowest BCUT2D eigenvalue weighted by molar-refractivity contribution is -0.122. The second-order valence-electron chi connectivity index (χ2n) is 8.45. The van der Waals surface area contributed by atoms with E-state index in [1.807, 2.05) is 19.1 Å². The van der Waals surface area contributed by atoms with Gasteiger partial charge in [0.05, 0.1) is 29.1 Å². The third kappa shape index (κ3) is 5.58. The summed E-state index contributed by atoms with van der Waals surface area (Å²) in [6.07, 6.45) is -0.105. The number of nitrogens with one attached hydrogen (secondary N) is 2. The Hall–Kier alpha value is -3.28. The summed E-state index contributed by atoms with van der Waals surface area (Å²) < 4.78 is 59.7. The maximum absolute atomic E-state index is 12.9. The Kier molecular flexibility index (Phi) is 6.91. The molecule has 1 aliphatic rings. The van der Waals surface area contributed by atoms with Crippen molar-refractivity contribution < 1.29 is 26.4 Å². The van der Waals surface area contributed by atoms with Crippen LogP contribution < -0.4 is 19.1 Å². The van der Waals surface area contributed by atoms with Crippen LogP contribution in [0.15, 0.2) is 65.6 Å². The van der Waals surface area contributed by atoms with Gasteiger partial charge in [-0.15, -0.1) is 0 Å². The van der Waals surface area contributed by atoms with Gasteiger partial charge in [0.2, 0.25) is 10.0 Å². The highest BCUT2D eigenvalue weighted by atomic mass is 35.5. The van der Waals surface area contributed by atoms with Crippen LogP contribution in [0.25, 0.3) is 0 Å². The molecular formula is C24H24ClN3O6S2. The van der Waals surface area contributed by atoms with Gasteiger partial charge >= 0.3 is 0 Å². The molecule has 0 bridgehead atoms. The SMILES string of the molecule is Cc1ccc(C)c(NS(=O)(=O)c2ccc(NC(=O)C3CN(S(C)(=O)=O)c4cc(Cl)ccc4O3)cc2)c1. The Morgan fingerprint density at radius 3 is 2.36 bits per heavy atom. The molecule has 190 valence electrons. The lowest BCUT2D eigenvalue weighted by atomic mass is 10.1. The first-order chi connectivity index (χ1) is 16.8. The first-order valence-corrected chi connectivity index (χ1v) is 14.5. The molecule has 0 saturated carbocycles. The monoisotopic (exact) mass is 549 g/mol. The number of sulfonamides is 2. The van der Waals surface area contributed by atoms with Crippen LogP contribution in [0.2, 0.25) is 5.02 Å². The molecule has 4 rings (SSSR count). The van der Waals surface area contributed by atoms with Crippen LogP contribution in [0.1, 0.15) is 11.1 Å². The maximum Gasteiger partial charge on any atom is 0.267 e. The number of ether oxygens (including phenoxy) is 1. The first kappa shape index (κ1) is 25.8. The minimum atomic E-state index is -3.85. The van der Waals surface area contributed by atoms with Gasteiger partial charge in [-0.3, -0.25) is 13.8 Å². The van der Waals surface area contributed by atoms with Gasteiger partial charge in [-0.1, -0.05) is 23.7 Å². The number of carbonyl (C=O) groups is 1. The van der Waals surface area contributed by atoms with Crippen molar-refractivity contribution in [3.05, 3.63) is 76.8 Å². The number of carbonyl (C=O) groups excluding carboxylic acids is 1. The lowest BCUT2D eigenvalue weighted by Gasteiger charge is -2.34. The van der Waals surface area contributed by atoms with Gasteiger partial charge in [0.25, 0.3) is 15.9 Å². The van der Waals surface area contributed by atoms with E-state index in [2.05, 4.69) is 10.0 Å². The van der Waals surface area contributed by atoms with Crippen molar-refractivity contribution >= 4 is 54.6 Å². The molecule has 3 aromatic rings. The highest BCUT2D eigenvalue weighted by Crippen LogP contribution is 2.37. The number of aryl methyl sites for hydroxylation is 2. The summed E-state index contributed by atoms with van der Waals surface area (Å²) in [5.74, 6) is -0.386. The molecule has 0 fully saturated rings. The summed E-state index contributed by atoms with van der Waals surface area (Å²) in [6.45, 7) is 3.43. The molecule has 9 nitrogen and oxygen atoms in total. The average molecular weight is 550 g/mol. The number of amides is 1. The number of anilines is 3. The molecule has 0 spiro atoms. The van der Waals surface area contributed by atoms with Gasteiger partial charge in [-0.2, -0.15) is 0 Å². The van der Waals surface area contributed by atoms with Crippen LogP contribution in [0, 0.1) is 13.8 Å². The van der Waals surface area contributed by atoms with Crippen LogP contribution in [0.4, 0.5) is 17.1 Å². The van der Waals surface area contributed by atoms with E-state index in [-0.39, 0.29) is 22.9 Å². The molecule has 36 heavy (non-hydrogen) atoms. The third-order valence-electron chi connectivity index (χ3n) is 5.55. The van der Waals surface area contributed by atoms with Gasteiger partial charge < -0.3 is 10.1 Å². The number of fused-ring (bicyclic) bond motifs is 1.